The lowest BCUT2D eigenvalue weighted by Crippen LogP contribution is -2.42. The van der Waals surface area contributed by atoms with E-state index in [0.29, 0.717) is 13.1 Å². The summed E-state index contributed by atoms with van der Waals surface area (Å²) in [5.74, 6) is -0.399. The second-order valence-electron chi connectivity index (χ2n) is 6.57. The van der Waals surface area contributed by atoms with Gasteiger partial charge in [0.25, 0.3) is 0 Å². The standard InChI is InChI=1S/C18H35N3O2.ClH/c1-3-5-7-9-11-20-17(22)15-13-19-14-16(15)18(23)21-12-10-8-6-4-2;/h15-16,19H,3-14H2,1-2H3,(H,20,22)(H,21,23);1H/t15-,16-;/m1./s1. The van der Waals surface area contributed by atoms with Crippen molar-refractivity contribution >= 4 is 24.2 Å². The van der Waals surface area contributed by atoms with Crippen molar-refractivity contribution in [3.63, 3.8) is 0 Å². The number of nitrogens with one attached hydrogen (secondary N) is 3. The fourth-order valence-corrected chi connectivity index (χ4v) is 3.02. The molecule has 6 heteroatoms. The fourth-order valence-electron chi connectivity index (χ4n) is 3.02. The van der Waals surface area contributed by atoms with Crippen LogP contribution in [0, 0.1) is 11.8 Å². The SMILES string of the molecule is CCCCCCNC(=O)[C@@H]1CNC[C@H]1C(=O)NCCCCCC.Cl. The third-order valence-electron chi connectivity index (χ3n) is 4.55. The maximum Gasteiger partial charge on any atom is 0.225 e. The van der Waals surface area contributed by atoms with E-state index in [1.54, 1.807) is 0 Å². The molecule has 1 saturated heterocycles. The predicted octanol–water partition coefficient (Wildman–Crippen LogP) is 2.64. The molecular weight excluding hydrogens is 326 g/mol. The van der Waals surface area contributed by atoms with Crippen LogP contribution in [0.4, 0.5) is 0 Å². The summed E-state index contributed by atoms with van der Waals surface area (Å²) in [4.78, 5) is 24.6. The molecule has 2 atom stereocenters. The van der Waals surface area contributed by atoms with Gasteiger partial charge in [0.05, 0.1) is 11.8 Å². The Morgan fingerprint density at radius 1 is 0.792 bits per heavy atom. The van der Waals surface area contributed by atoms with E-state index < -0.39 is 0 Å². The molecule has 0 saturated carbocycles. The zero-order valence-electron chi connectivity index (χ0n) is 15.4. The maximum absolute atomic E-state index is 12.3. The minimum Gasteiger partial charge on any atom is -0.356 e. The summed E-state index contributed by atoms with van der Waals surface area (Å²) in [6, 6.07) is 0. The number of unbranched alkanes of at least 4 members (excludes halogenated alkanes) is 6. The highest BCUT2D eigenvalue weighted by Crippen LogP contribution is 2.17. The van der Waals surface area contributed by atoms with E-state index in [1.807, 2.05) is 0 Å². The average molecular weight is 362 g/mol. The summed E-state index contributed by atoms with van der Waals surface area (Å²) >= 11 is 0. The normalized spacial score (nSPS) is 19.6. The van der Waals surface area contributed by atoms with Gasteiger partial charge in [-0.1, -0.05) is 52.4 Å². The van der Waals surface area contributed by atoms with Crippen molar-refractivity contribution in [3.05, 3.63) is 0 Å². The number of carbonyl (C=O) groups is 2. The molecule has 5 nitrogen and oxygen atoms in total. The van der Waals surface area contributed by atoms with E-state index in [1.165, 1.54) is 25.7 Å². The highest BCUT2D eigenvalue weighted by molar-refractivity contribution is 5.88. The first-order valence-electron chi connectivity index (χ1n) is 9.46. The quantitative estimate of drug-likeness (QED) is 0.468. The van der Waals surface area contributed by atoms with Crippen molar-refractivity contribution in [1.29, 1.82) is 0 Å². The van der Waals surface area contributed by atoms with Gasteiger partial charge in [0, 0.05) is 26.2 Å². The van der Waals surface area contributed by atoms with E-state index in [-0.39, 0.29) is 36.1 Å². The molecule has 1 heterocycles. The van der Waals surface area contributed by atoms with E-state index in [9.17, 15) is 9.59 Å². The summed E-state index contributed by atoms with van der Waals surface area (Å²) in [5.41, 5.74) is 0. The van der Waals surface area contributed by atoms with Crippen LogP contribution in [0.15, 0.2) is 0 Å². The van der Waals surface area contributed by atoms with Gasteiger partial charge >= 0.3 is 0 Å². The van der Waals surface area contributed by atoms with Crippen molar-refractivity contribution in [1.82, 2.24) is 16.0 Å². The lowest BCUT2D eigenvalue weighted by Gasteiger charge is -2.18. The van der Waals surface area contributed by atoms with Gasteiger partial charge in [0.15, 0.2) is 0 Å². The Hall–Kier alpha value is -0.810. The van der Waals surface area contributed by atoms with Gasteiger partial charge in [0.1, 0.15) is 0 Å². The first-order valence-corrected chi connectivity index (χ1v) is 9.46. The van der Waals surface area contributed by atoms with Crippen molar-refractivity contribution in [2.75, 3.05) is 26.2 Å². The molecular formula is C18H36ClN3O2. The molecule has 0 aromatic carbocycles. The zero-order chi connectivity index (χ0) is 16.9. The number of halogens is 1. The lowest BCUT2D eigenvalue weighted by molar-refractivity contribution is -0.132. The Bertz CT molecular complexity index is 321. The van der Waals surface area contributed by atoms with Crippen LogP contribution >= 0.6 is 12.4 Å². The molecule has 1 aliphatic heterocycles. The van der Waals surface area contributed by atoms with Gasteiger partial charge < -0.3 is 16.0 Å². The molecule has 0 unspecified atom stereocenters. The molecule has 1 fully saturated rings. The number of rotatable bonds is 12. The van der Waals surface area contributed by atoms with E-state index in [2.05, 4.69) is 29.8 Å². The van der Waals surface area contributed by atoms with Gasteiger partial charge in [-0.3, -0.25) is 9.59 Å². The molecule has 0 aliphatic carbocycles. The van der Waals surface area contributed by atoms with Crippen molar-refractivity contribution in [3.8, 4) is 0 Å². The number of hydrogen-bond acceptors (Lipinski definition) is 3. The molecule has 24 heavy (non-hydrogen) atoms. The molecule has 0 spiro atoms. The third kappa shape index (κ3) is 8.88. The van der Waals surface area contributed by atoms with Crippen LogP contribution in [0.5, 0.6) is 0 Å². The van der Waals surface area contributed by atoms with Crippen molar-refractivity contribution in [2.45, 2.75) is 65.2 Å². The summed E-state index contributed by atoms with van der Waals surface area (Å²) in [7, 11) is 0. The topological polar surface area (TPSA) is 70.2 Å². The van der Waals surface area contributed by atoms with Gasteiger partial charge in [-0.05, 0) is 12.8 Å². The number of amides is 2. The summed E-state index contributed by atoms with van der Waals surface area (Å²) < 4.78 is 0. The molecule has 0 bridgehead atoms. The molecule has 142 valence electrons. The molecule has 0 aromatic heterocycles. The molecule has 3 N–H and O–H groups in total. The largest absolute Gasteiger partial charge is 0.356 e. The van der Waals surface area contributed by atoms with Gasteiger partial charge in [-0.15, -0.1) is 12.4 Å². The van der Waals surface area contributed by atoms with Crippen LogP contribution < -0.4 is 16.0 Å². The Kier molecular flexibility index (Phi) is 14.0. The second-order valence-corrected chi connectivity index (χ2v) is 6.57. The zero-order valence-corrected chi connectivity index (χ0v) is 16.2. The average Bonchev–Trinajstić information content (AvgIpc) is 3.04. The van der Waals surface area contributed by atoms with E-state index >= 15 is 0 Å². The molecule has 1 aliphatic rings. The van der Waals surface area contributed by atoms with Crippen LogP contribution in [-0.4, -0.2) is 38.0 Å². The molecule has 2 amide bonds. The lowest BCUT2D eigenvalue weighted by atomic mass is 9.94. The van der Waals surface area contributed by atoms with Crippen LogP contribution in [0.2, 0.25) is 0 Å². The van der Waals surface area contributed by atoms with Crippen LogP contribution in [0.3, 0.4) is 0 Å². The number of hydrogen-bond donors (Lipinski definition) is 3. The maximum atomic E-state index is 12.3. The smallest absolute Gasteiger partial charge is 0.225 e. The minimum absolute atomic E-state index is 0. The summed E-state index contributed by atoms with van der Waals surface area (Å²) in [6.07, 6.45) is 9.17. The van der Waals surface area contributed by atoms with Crippen LogP contribution in [-0.2, 0) is 9.59 Å². The fraction of sp³-hybridized carbons (Fsp3) is 0.889. The highest BCUT2D eigenvalue weighted by Gasteiger charge is 2.37. The predicted molar refractivity (Wildman–Crippen MR) is 101 cm³/mol. The Balaban J connectivity index is 0.00000529. The highest BCUT2D eigenvalue weighted by atomic mass is 35.5. The van der Waals surface area contributed by atoms with Crippen molar-refractivity contribution in [2.24, 2.45) is 11.8 Å². The van der Waals surface area contributed by atoms with E-state index in [4.69, 9.17) is 0 Å². The first-order chi connectivity index (χ1) is 11.2. The summed E-state index contributed by atoms with van der Waals surface area (Å²) in [5, 5.41) is 9.17. The molecule has 0 aromatic rings. The number of carbonyl (C=O) groups excluding carboxylic acids is 2. The Morgan fingerprint density at radius 3 is 1.58 bits per heavy atom. The molecule has 1 rings (SSSR count). The van der Waals surface area contributed by atoms with Crippen molar-refractivity contribution < 1.29 is 9.59 Å². The van der Waals surface area contributed by atoms with Gasteiger partial charge in [-0.2, -0.15) is 0 Å². The minimum atomic E-state index is -0.225. The third-order valence-corrected chi connectivity index (χ3v) is 4.55. The Labute approximate surface area is 153 Å². The second kappa shape index (κ2) is 14.5. The first kappa shape index (κ1) is 23.2. The van der Waals surface area contributed by atoms with Gasteiger partial charge in [-0.25, -0.2) is 0 Å². The Morgan fingerprint density at radius 2 is 1.21 bits per heavy atom. The molecule has 0 radical (unpaired) electrons. The van der Waals surface area contributed by atoms with Crippen LogP contribution in [0.1, 0.15) is 65.2 Å². The van der Waals surface area contributed by atoms with E-state index in [0.717, 1.165) is 38.8 Å². The monoisotopic (exact) mass is 361 g/mol. The summed E-state index contributed by atoms with van der Waals surface area (Å²) in [6.45, 7) is 7.01. The van der Waals surface area contributed by atoms with Crippen LogP contribution in [0.25, 0.3) is 0 Å². The van der Waals surface area contributed by atoms with Gasteiger partial charge in [0.2, 0.25) is 11.8 Å².